The summed E-state index contributed by atoms with van der Waals surface area (Å²) in [5.41, 5.74) is 1.26. The maximum Gasteiger partial charge on any atom is 0.115 e. The zero-order valence-corrected chi connectivity index (χ0v) is 17.5. The van der Waals surface area contributed by atoms with E-state index in [0.29, 0.717) is 5.75 Å². The van der Waals surface area contributed by atoms with Crippen molar-refractivity contribution in [2.45, 2.75) is 73.2 Å². The third kappa shape index (κ3) is 50.3. The van der Waals surface area contributed by atoms with Crippen LogP contribution in [0.3, 0.4) is 0 Å². The molecule has 1 rings (SSSR count). The first-order chi connectivity index (χ1) is 9.52. The van der Waals surface area contributed by atoms with Gasteiger partial charge in [-0.15, -0.1) is 0 Å². The normalized spacial score (nSPS) is 8.77. The number of hydrogen-bond acceptors (Lipinski definition) is 4. The first-order valence-corrected chi connectivity index (χ1v) is 7.34. The van der Waals surface area contributed by atoms with Gasteiger partial charge < -0.3 is 20.4 Å². The van der Waals surface area contributed by atoms with Crippen molar-refractivity contribution in [3.8, 4) is 5.75 Å². The molecule has 5 heteroatoms. The molecule has 0 spiro atoms. The summed E-state index contributed by atoms with van der Waals surface area (Å²) in [6, 6.07) is 7.27. The van der Waals surface area contributed by atoms with Crippen LogP contribution < -0.4 is 0 Å². The van der Waals surface area contributed by atoms with Crippen LogP contribution in [-0.4, -0.2) is 38.7 Å². The summed E-state index contributed by atoms with van der Waals surface area (Å²) in [7, 11) is 0. The quantitative estimate of drug-likeness (QED) is 0.591. The molecule has 0 saturated heterocycles. The molecule has 0 radical (unpaired) electrons. The molecule has 0 aliphatic carbocycles. The van der Waals surface area contributed by atoms with Gasteiger partial charge in [-0.05, 0) is 65.7 Å². The summed E-state index contributed by atoms with van der Waals surface area (Å²) >= 11 is 0. The van der Waals surface area contributed by atoms with Gasteiger partial charge in [0.2, 0.25) is 0 Å². The number of rotatable bonds is 1. The molecule has 0 saturated carbocycles. The van der Waals surface area contributed by atoms with Crippen molar-refractivity contribution >= 4 is 0 Å². The van der Waals surface area contributed by atoms with Crippen molar-refractivity contribution in [1.82, 2.24) is 0 Å². The minimum Gasteiger partial charge on any atom is -0.508 e. The Bertz CT molecular complexity index is 276. The van der Waals surface area contributed by atoms with Crippen LogP contribution in [0.4, 0.5) is 0 Å². The van der Waals surface area contributed by atoms with Crippen LogP contribution in [0.2, 0.25) is 0 Å². The molecule has 0 amide bonds. The fourth-order valence-electron chi connectivity index (χ4n) is 0.732. The minimum absolute atomic E-state index is 0. The number of aliphatic hydroxyl groups is 3. The third-order valence-electron chi connectivity index (χ3n) is 1.34. The van der Waals surface area contributed by atoms with Crippen LogP contribution in [0.15, 0.2) is 24.3 Å². The Morgan fingerprint density at radius 2 is 0.955 bits per heavy atom. The van der Waals surface area contributed by atoms with Gasteiger partial charge in [-0.1, -0.05) is 19.1 Å². The smallest absolute Gasteiger partial charge is 0.115 e. The van der Waals surface area contributed by atoms with Gasteiger partial charge in [-0.25, -0.2) is 0 Å². The van der Waals surface area contributed by atoms with E-state index < -0.39 is 0 Å². The van der Waals surface area contributed by atoms with E-state index in [2.05, 4.69) is 6.92 Å². The average molecular weight is 394 g/mol. The summed E-state index contributed by atoms with van der Waals surface area (Å²) in [5, 5.41) is 33.0. The van der Waals surface area contributed by atoms with E-state index in [1.807, 2.05) is 12.1 Å². The van der Waals surface area contributed by atoms with Gasteiger partial charge in [0.25, 0.3) is 0 Å². The summed E-state index contributed by atoms with van der Waals surface area (Å²) < 4.78 is 0. The van der Waals surface area contributed by atoms with Crippen molar-refractivity contribution in [1.29, 1.82) is 0 Å². The summed E-state index contributed by atoms with van der Waals surface area (Å²) in [6.07, 6.45) is 0.528. The largest absolute Gasteiger partial charge is 0.508 e. The van der Waals surface area contributed by atoms with Gasteiger partial charge in [-0.2, -0.15) is 0 Å². The minimum atomic E-state index is -0.167. The van der Waals surface area contributed by atoms with E-state index in [4.69, 9.17) is 20.4 Å². The Morgan fingerprint density at radius 3 is 1.14 bits per heavy atom. The Morgan fingerprint density at radius 1 is 0.727 bits per heavy atom. The maximum atomic E-state index is 8.85. The molecule has 0 heterocycles. The van der Waals surface area contributed by atoms with E-state index in [1.165, 1.54) is 5.56 Å². The van der Waals surface area contributed by atoms with E-state index in [-0.39, 0.29) is 44.5 Å². The van der Waals surface area contributed by atoms with Crippen LogP contribution in [0, 0.1) is 0 Å². The van der Waals surface area contributed by atoms with Crippen molar-refractivity contribution in [2.75, 3.05) is 0 Å². The molecular formula is C17H34O4Zr. The second-order valence-electron chi connectivity index (χ2n) is 5.30. The molecule has 4 N–H and O–H groups in total. The Hall–Kier alpha value is -0.217. The number of aromatic hydroxyl groups is 1. The van der Waals surface area contributed by atoms with Crippen LogP contribution in [0.5, 0.6) is 5.75 Å². The van der Waals surface area contributed by atoms with Gasteiger partial charge in [0.15, 0.2) is 0 Å². The monoisotopic (exact) mass is 392 g/mol. The summed E-state index contributed by atoms with van der Waals surface area (Å²) in [6.45, 7) is 12.4. The van der Waals surface area contributed by atoms with E-state index in [0.717, 1.165) is 6.42 Å². The molecule has 22 heavy (non-hydrogen) atoms. The second-order valence-corrected chi connectivity index (χ2v) is 5.30. The predicted octanol–water partition coefficient (Wildman–Crippen LogP) is 3.11. The molecule has 0 aromatic heterocycles. The third-order valence-corrected chi connectivity index (χ3v) is 1.34. The zero-order valence-electron chi connectivity index (χ0n) is 15.0. The number of benzene rings is 1. The van der Waals surface area contributed by atoms with Crippen molar-refractivity contribution in [2.24, 2.45) is 0 Å². The van der Waals surface area contributed by atoms with Gasteiger partial charge >= 0.3 is 0 Å². The molecule has 0 unspecified atom stereocenters. The molecule has 0 bridgehead atoms. The molecule has 1 aromatic carbocycles. The van der Waals surface area contributed by atoms with E-state index in [9.17, 15) is 0 Å². The van der Waals surface area contributed by atoms with Gasteiger partial charge in [0, 0.05) is 44.5 Å². The molecule has 0 fully saturated rings. The average Bonchev–Trinajstić information content (AvgIpc) is 2.27. The zero-order chi connectivity index (χ0) is 17.4. The van der Waals surface area contributed by atoms with Crippen molar-refractivity contribution < 1.29 is 46.6 Å². The van der Waals surface area contributed by atoms with Crippen molar-refractivity contribution in [3.05, 3.63) is 29.8 Å². The van der Waals surface area contributed by atoms with Gasteiger partial charge in [0.05, 0.1) is 0 Å². The maximum absolute atomic E-state index is 8.85. The molecule has 0 aliphatic heterocycles. The number of phenolic OH excluding ortho intramolecular Hbond substituents is 1. The standard InChI is InChI=1S/C8H10O.3C3H8O.Zr/c1-2-7-3-5-8(9)6-4-7;3*1-3(2)4;/h3-6,9H,2H2,1H3;3*3-4H,1-2H3;. The summed E-state index contributed by atoms with van der Waals surface area (Å²) in [4.78, 5) is 0. The van der Waals surface area contributed by atoms with E-state index >= 15 is 0 Å². The van der Waals surface area contributed by atoms with Crippen molar-refractivity contribution in [3.63, 3.8) is 0 Å². The van der Waals surface area contributed by atoms with Crippen LogP contribution >= 0.6 is 0 Å². The molecular weight excluding hydrogens is 359 g/mol. The number of aryl methyl sites for hydroxylation is 1. The van der Waals surface area contributed by atoms with Crippen LogP contribution in [-0.2, 0) is 32.6 Å². The molecule has 0 atom stereocenters. The second kappa shape index (κ2) is 20.8. The Balaban J connectivity index is -0.000000107. The number of aliphatic hydroxyl groups excluding tert-OH is 3. The predicted molar refractivity (Wildman–Crippen MR) is 89.5 cm³/mol. The first kappa shape index (κ1) is 29.8. The number of phenols is 1. The molecule has 0 aliphatic rings. The number of hydrogen-bond donors (Lipinski definition) is 4. The fourth-order valence-corrected chi connectivity index (χ4v) is 0.732. The Kier molecular flexibility index (Phi) is 28.1. The van der Waals surface area contributed by atoms with Gasteiger partial charge in [-0.3, -0.25) is 0 Å². The fraction of sp³-hybridized carbons (Fsp3) is 0.647. The molecule has 1 aromatic rings. The summed E-state index contributed by atoms with van der Waals surface area (Å²) in [5.74, 6) is 0.340. The molecule has 4 nitrogen and oxygen atoms in total. The van der Waals surface area contributed by atoms with Gasteiger partial charge in [0.1, 0.15) is 5.75 Å². The Labute approximate surface area is 155 Å². The first-order valence-electron chi connectivity index (χ1n) is 7.34. The molecule has 130 valence electrons. The van der Waals surface area contributed by atoms with E-state index in [1.54, 1.807) is 53.7 Å². The SMILES string of the molecule is CC(C)O.CC(C)O.CC(C)O.CCc1ccc(O)cc1.[Zr]. The van der Waals surface area contributed by atoms with Crippen LogP contribution in [0.25, 0.3) is 0 Å². The van der Waals surface area contributed by atoms with Crippen LogP contribution in [0.1, 0.15) is 54.0 Å². The topological polar surface area (TPSA) is 80.9 Å².